The molecule has 4 nitrogen and oxygen atoms in total. The van der Waals surface area contributed by atoms with Crippen molar-refractivity contribution in [2.24, 2.45) is 0 Å². The van der Waals surface area contributed by atoms with Crippen LogP contribution < -0.4 is 4.74 Å². The van der Waals surface area contributed by atoms with Crippen LogP contribution in [0.1, 0.15) is 11.1 Å². The van der Waals surface area contributed by atoms with Gasteiger partial charge in [0, 0.05) is 6.07 Å². The third-order valence-electron chi connectivity index (χ3n) is 2.12. The summed E-state index contributed by atoms with van der Waals surface area (Å²) < 4.78 is 103. The fourth-order valence-electron chi connectivity index (χ4n) is 1.49. The van der Waals surface area contributed by atoms with E-state index in [1.165, 1.54) is 0 Å². The van der Waals surface area contributed by atoms with Gasteiger partial charge < -0.3 is 4.74 Å². The van der Waals surface area contributed by atoms with Gasteiger partial charge in [0.1, 0.15) is 16.9 Å². The minimum atomic E-state index is -5.80. The average Bonchev–Trinajstić information content (AvgIpc) is 2.24. The van der Waals surface area contributed by atoms with E-state index in [0.717, 1.165) is 0 Å². The molecule has 0 fully saturated rings. The summed E-state index contributed by atoms with van der Waals surface area (Å²) >= 11 is 0. The molecule has 0 bridgehead atoms. The molecule has 0 saturated carbocycles. The Bertz CT molecular complexity index is 551. The minimum Gasteiger partial charge on any atom is -0.434 e. The van der Waals surface area contributed by atoms with Crippen LogP contribution in [0.15, 0.2) is 12.1 Å². The molecule has 1 rings (SSSR count). The Hall–Kier alpha value is -2.14. The number of rotatable bonds is 3. The van der Waals surface area contributed by atoms with E-state index in [1.54, 1.807) is 0 Å². The number of hydrogen-bond acceptors (Lipinski definition) is 3. The van der Waals surface area contributed by atoms with Crippen LogP contribution in [0.5, 0.6) is 5.75 Å². The lowest BCUT2D eigenvalue weighted by Gasteiger charge is -2.18. The van der Waals surface area contributed by atoms with Crippen LogP contribution >= 0.6 is 0 Å². The van der Waals surface area contributed by atoms with E-state index in [9.17, 15) is 45.2 Å². The van der Waals surface area contributed by atoms with Crippen LogP contribution in [0.25, 0.3) is 0 Å². The summed E-state index contributed by atoms with van der Waals surface area (Å²) in [6.07, 6.45) is -11.6. The van der Waals surface area contributed by atoms with Gasteiger partial charge in [-0.3, -0.25) is 10.1 Å². The van der Waals surface area contributed by atoms with Crippen LogP contribution in [-0.4, -0.2) is 11.5 Å². The maximum Gasteiger partial charge on any atom is 0.423 e. The predicted molar refractivity (Wildman–Crippen MR) is 49.7 cm³/mol. The van der Waals surface area contributed by atoms with Gasteiger partial charge in [0.05, 0.1) is 4.92 Å². The molecule has 118 valence electrons. The number of nitro benzene ring substituents is 1. The standard InChI is InChI=1S/C9H3F8NO3/c10-7(11)21-4-2-1-3(18(19)20)5(8(12,13)14)6(4)9(15,16)17/h1-2,7H. The van der Waals surface area contributed by atoms with Crippen LogP contribution in [-0.2, 0) is 12.4 Å². The molecule has 1 aromatic rings. The first-order valence-electron chi connectivity index (χ1n) is 4.76. The third-order valence-corrected chi connectivity index (χ3v) is 2.12. The van der Waals surface area contributed by atoms with Gasteiger partial charge >= 0.3 is 19.0 Å². The van der Waals surface area contributed by atoms with E-state index in [4.69, 9.17) is 0 Å². The summed E-state index contributed by atoms with van der Waals surface area (Å²) in [5, 5.41) is 10.4. The Morgan fingerprint density at radius 3 is 1.81 bits per heavy atom. The number of nitrogens with zero attached hydrogens (tertiary/aromatic N) is 1. The monoisotopic (exact) mass is 325 g/mol. The molecule has 21 heavy (non-hydrogen) atoms. The van der Waals surface area contributed by atoms with Gasteiger partial charge in [-0.25, -0.2) is 0 Å². The van der Waals surface area contributed by atoms with Crippen molar-refractivity contribution in [3.05, 3.63) is 33.4 Å². The van der Waals surface area contributed by atoms with Crippen molar-refractivity contribution < 1.29 is 44.8 Å². The van der Waals surface area contributed by atoms with Crippen molar-refractivity contribution in [2.75, 3.05) is 0 Å². The van der Waals surface area contributed by atoms with Gasteiger partial charge in [-0.05, 0) is 6.07 Å². The van der Waals surface area contributed by atoms with Gasteiger partial charge in [0.2, 0.25) is 0 Å². The Labute approximate surface area is 110 Å². The normalized spacial score (nSPS) is 12.6. The van der Waals surface area contributed by atoms with E-state index in [0.29, 0.717) is 0 Å². The second-order valence-electron chi connectivity index (χ2n) is 3.46. The van der Waals surface area contributed by atoms with Crippen LogP contribution in [0.3, 0.4) is 0 Å². The Morgan fingerprint density at radius 1 is 1.00 bits per heavy atom. The highest BCUT2D eigenvalue weighted by Crippen LogP contribution is 2.48. The fraction of sp³-hybridized carbons (Fsp3) is 0.333. The largest absolute Gasteiger partial charge is 0.434 e. The summed E-state index contributed by atoms with van der Waals surface area (Å²) in [5.74, 6) is -1.85. The quantitative estimate of drug-likeness (QED) is 0.475. The molecule has 0 radical (unpaired) electrons. The molecule has 0 aliphatic rings. The first-order valence-corrected chi connectivity index (χ1v) is 4.76. The zero-order valence-corrected chi connectivity index (χ0v) is 9.43. The number of ether oxygens (including phenoxy) is 1. The topological polar surface area (TPSA) is 52.4 Å². The van der Waals surface area contributed by atoms with Crippen LogP contribution in [0, 0.1) is 10.1 Å². The van der Waals surface area contributed by atoms with Gasteiger partial charge in [-0.2, -0.15) is 35.1 Å². The smallest absolute Gasteiger partial charge is 0.423 e. The van der Waals surface area contributed by atoms with Crippen molar-refractivity contribution >= 4 is 5.69 Å². The molecule has 0 amide bonds. The highest BCUT2D eigenvalue weighted by Gasteiger charge is 2.50. The molecule has 0 N–H and O–H groups in total. The van der Waals surface area contributed by atoms with E-state index in [-0.39, 0.29) is 12.1 Å². The fourth-order valence-corrected chi connectivity index (χ4v) is 1.49. The van der Waals surface area contributed by atoms with Gasteiger partial charge in [-0.15, -0.1) is 0 Å². The highest BCUT2D eigenvalue weighted by atomic mass is 19.4. The average molecular weight is 325 g/mol. The molecule has 12 heteroatoms. The van der Waals surface area contributed by atoms with Crippen LogP contribution in [0.2, 0.25) is 0 Å². The van der Waals surface area contributed by atoms with Gasteiger partial charge in [-0.1, -0.05) is 0 Å². The number of hydrogen-bond donors (Lipinski definition) is 0. The maximum atomic E-state index is 12.7. The Morgan fingerprint density at radius 2 is 1.48 bits per heavy atom. The lowest BCUT2D eigenvalue weighted by molar-refractivity contribution is -0.388. The number of halogens is 8. The molecular weight excluding hydrogens is 322 g/mol. The molecule has 0 heterocycles. The Balaban J connectivity index is 3.79. The van der Waals surface area contributed by atoms with E-state index >= 15 is 0 Å². The Kier molecular flexibility index (Phi) is 4.29. The lowest BCUT2D eigenvalue weighted by Crippen LogP contribution is -2.21. The van der Waals surface area contributed by atoms with E-state index < -0.39 is 46.5 Å². The van der Waals surface area contributed by atoms with Gasteiger partial charge in [0.25, 0.3) is 5.69 Å². The first kappa shape index (κ1) is 16.9. The minimum absolute atomic E-state index is 0.00970. The van der Waals surface area contributed by atoms with Crippen molar-refractivity contribution in [3.63, 3.8) is 0 Å². The SMILES string of the molecule is O=[N+]([O-])c1ccc(OC(F)F)c(C(F)(F)F)c1C(F)(F)F. The summed E-state index contributed by atoms with van der Waals surface area (Å²) in [7, 11) is 0. The summed E-state index contributed by atoms with van der Waals surface area (Å²) in [5.41, 5.74) is -7.29. The van der Waals surface area contributed by atoms with Gasteiger partial charge in [0.15, 0.2) is 0 Å². The number of alkyl halides is 8. The molecule has 0 saturated heterocycles. The molecule has 0 aromatic heterocycles. The molecular formula is C9H3F8NO3. The molecule has 1 aromatic carbocycles. The lowest BCUT2D eigenvalue weighted by atomic mass is 10.0. The first-order chi connectivity index (χ1) is 9.35. The third kappa shape index (κ3) is 3.70. The van der Waals surface area contributed by atoms with Crippen molar-refractivity contribution in [3.8, 4) is 5.75 Å². The summed E-state index contributed by atoms with van der Waals surface area (Å²) in [6.45, 7) is -3.84. The van der Waals surface area contributed by atoms with E-state index in [2.05, 4.69) is 4.74 Å². The second-order valence-corrected chi connectivity index (χ2v) is 3.46. The molecule has 0 unspecified atom stereocenters. The summed E-state index contributed by atoms with van der Waals surface area (Å²) in [4.78, 5) is 8.73. The molecule has 0 aliphatic heterocycles. The predicted octanol–water partition coefficient (Wildman–Crippen LogP) is 4.23. The number of benzene rings is 1. The highest BCUT2D eigenvalue weighted by molar-refractivity contribution is 5.55. The maximum absolute atomic E-state index is 12.7. The zero-order valence-electron chi connectivity index (χ0n) is 9.43. The van der Waals surface area contributed by atoms with E-state index in [1.807, 2.05) is 0 Å². The molecule has 0 atom stereocenters. The van der Waals surface area contributed by atoms with Crippen molar-refractivity contribution in [1.29, 1.82) is 0 Å². The van der Waals surface area contributed by atoms with Crippen molar-refractivity contribution in [1.82, 2.24) is 0 Å². The number of nitro groups is 1. The van der Waals surface area contributed by atoms with Crippen LogP contribution in [0.4, 0.5) is 40.8 Å². The zero-order chi connectivity index (χ0) is 16.6. The van der Waals surface area contributed by atoms with Crippen molar-refractivity contribution in [2.45, 2.75) is 19.0 Å². The molecule has 0 spiro atoms. The summed E-state index contributed by atoms with van der Waals surface area (Å²) in [6, 6.07) is 0.0398. The second kappa shape index (κ2) is 5.33. The molecule has 0 aliphatic carbocycles.